The van der Waals surface area contributed by atoms with Gasteiger partial charge < -0.3 is 17.8 Å². The van der Waals surface area contributed by atoms with Crippen LogP contribution < -0.4 is 4.74 Å². The molecule has 1 aromatic rings. The number of hydrogen-bond acceptors (Lipinski definition) is 5. The number of carboxylic acid groups (broad SMARTS) is 2. The third-order valence-corrected chi connectivity index (χ3v) is 2.51. The Kier molecular flexibility index (Phi) is 6.39. The van der Waals surface area contributed by atoms with Crippen LogP contribution in [0.15, 0.2) is 24.3 Å². The molecule has 0 saturated carbocycles. The van der Waals surface area contributed by atoms with E-state index < -0.39 is 22.5 Å². The number of non-ortho nitro benzene ring substituents is 1. The van der Waals surface area contributed by atoms with Gasteiger partial charge in [0, 0.05) is 12.5 Å². The number of ether oxygens (including phenoxy) is 1. The normalized spacial score (nSPS) is 10.2. The first kappa shape index (κ1) is 18.1. The van der Waals surface area contributed by atoms with E-state index in [0.717, 1.165) is 6.07 Å². The van der Waals surface area contributed by atoms with E-state index in [9.17, 15) is 19.7 Å². The number of carboxylic acids is 2. The summed E-state index contributed by atoms with van der Waals surface area (Å²) in [6.45, 7) is 1.33. The van der Waals surface area contributed by atoms with E-state index in [0.29, 0.717) is 0 Å². The van der Waals surface area contributed by atoms with Crippen molar-refractivity contribution in [1.82, 2.24) is 0 Å². The van der Waals surface area contributed by atoms with Crippen LogP contribution in [0.2, 0.25) is 0 Å². The molecular weight excluding hydrogens is 282 g/mol. The smallest absolute Gasteiger partial charge is 1.00 e. The van der Waals surface area contributed by atoms with Crippen molar-refractivity contribution in [2.45, 2.75) is 18.9 Å². The minimum absolute atomic E-state index is 0. The Morgan fingerprint density at radius 3 is 2.35 bits per heavy atom. The van der Waals surface area contributed by atoms with Crippen molar-refractivity contribution < 1.29 is 32.3 Å². The largest absolute Gasteiger partial charge is 2.00 e. The summed E-state index contributed by atoms with van der Waals surface area (Å²) >= 11 is 0. The van der Waals surface area contributed by atoms with Gasteiger partial charge in [-0.3, -0.25) is 10.1 Å². The number of nitro groups is 1. The van der Waals surface area contributed by atoms with Gasteiger partial charge in [-0.2, -0.15) is 0 Å². The molecule has 0 radical (unpaired) electrons. The monoisotopic (exact) mass is 295 g/mol. The molecular formula is C11H13MgNO7. The second-order valence-electron chi connectivity index (χ2n) is 3.65. The fraction of sp³-hybridized carbons (Fsp3) is 0.273. The van der Waals surface area contributed by atoms with E-state index in [1.807, 2.05) is 0 Å². The molecule has 0 spiro atoms. The van der Waals surface area contributed by atoms with Crippen molar-refractivity contribution in [2.24, 2.45) is 0 Å². The summed E-state index contributed by atoms with van der Waals surface area (Å²) in [6.07, 6.45) is -0.333. The van der Waals surface area contributed by atoms with E-state index in [4.69, 9.17) is 14.9 Å². The number of aliphatic carboxylic acids is 2. The first-order valence-corrected chi connectivity index (χ1v) is 5.23. The third kappa shape index (κ3) is 3.57. The van der Waals surface area contributed by atoms with Crippen molar-refractivity contribution in [1.29, 1.82) is 0 Å². The molecule has 0 aliphatic carbocycles. The maximum absolute atomic E-state index is 11.1. The molecule has 0 aromatic heterocycles. The molecule has 0 unspecified atom stereocenters. The Morgan fingerprint density at radius 2 is 1.95 bits per heavy atom. The van der Waals surface area contributed by atoms with Gasteiger partial charge in [0.2, 0.25) is 0 Å². The van der Waals surface area contributed by atoms with Gasteiger partial charge in [0.25, 0.3) is 11.3 Å². The van der Waals surface area contributed by atoms with Crippen LogP contribution in [0.5, 0.6) is 5.75 Å². The summed E-state index contributed by atoms with van der Waals surface area (Å²) < 4.78 is 4.96. The number of nitrogens with zero attached hydrogens (tertiary/aromatic N) is 1. The number of benzene rings is 1. The standard InChI is InChI=1S/C11H11NO7.Mg.2H/c1-2-11(9(13)14,10(15)16)19-8-5-3-4-7(6-8)12(17)18;;;/h3-6H,2H2,1H3,(H,13,14)(H,15,16);;;/q;+2;2*-1. The zero-order valence-corrected chi connectivity index (χ0v) is 12.0. The van der Waals surface area contributed by atoms with Gasteiger partial charge in [0.1, 0.15) is 5.75 Å². The summed E-state index contributed by atoms with van der Waals surface area (Å²) in [5, 5.41) is 28.6. The van der Waals surface area contributed by atoms with Crippen molar-refractivity contribution in [3.63, 3.8) is 0 Å². The van der Waals surface area contributed by atoms with Crippen LogP contribution in [0.1, 0.15) is 16.2 Å². The van der Waals surface area contributed by atoms with Gasteiger partial charge in [0.15, 0.2) is 0 Å². The van der Waals surface area contributed by atoms with Gasteiger partial charge >= 0.3 is 35.0 Å². The fourth-order valence-electron chi connectivity index (χ4n) is 1.42. The topological polar surface area (TPSA) is 127 Å². The molecule has 0 aliphatic rings. The first-order valence-electron chi connectivity index (χ1n) is 5.23. The molecule has 0 bridgehead atoms. The van der Waals surface area contributed by atoms with Gasteiger partial charge in [-0.05, 0) is 6.07 Å². The molecule has 0 aliphatic heterocycles. The molecule has 2 N–H and O–H groups in total. The molecule has 20 heavy (non-hydrogen) atoms. The van der Waals surface area contributed by atoms with E-state index in [1.165, 1.54) is 25.1 Å². The number of nitro benzene ring substituents is 1. The van der Waals surface area contributed by atoms with Gasteiger partial charge in [-0.25, -0.2) is 9.59 Å². The van der Waals surface area contributed by atoms with Crippen molar-refractivity contribution in [2.75, 3.05) is 0 Å². The molecule has 1 rings (SSSR count). The van der Waals surface area contributed by atoms with Crippen LogP contribution in [0, 0.1) is 10.1 Å². The van der Waals surface area contributed by atoms with Crippen LogP contribution in [0.3, 0.4) is 0 Å². The van der Waals surface area contributed by atoms with Crippen molar-refractivity contribution >= 4 is 40.7 Å². The van der Waals surface area contributed by atoms with Gasteiger partial charge in [0.05, 0.1) is 11.0 Å². The predicted octanol–water partition coefficient (Wildman–Crippen LogP) is 1.14. The Labute approximate surface area is 132 Å². The van der Waals surface area contributed by atoms with Crippen LogP contribution in [-0.2, 0) is 9.59 Å². The summed E-state index contributed by atoms with van der Waals surface area (Å²) in [4.78, 5) is 32.0. The van der Waals surface area contributed by atoms with E-state index in [1.54, 1.807) is 0 Å². The second-order valence-corrected chi connectivity index (χ2v) is 3.65. The molecule has 0 saturated heterocycles. The Morgan fingerprint density at radius 1 is 1.40 bits per heavy atom. The summed E-state index contributed by atoms with van der Waals surface area (Å²) in [7, 11) is 0. The average molecular weight is 296 g/mol. The van der Waals surface area contributed by atoms with Crippen molar-refractivity contribution in [3.8, 4) is 5.75 Å². The Balaban J connectivity index is -0.00000120. The fourth-order valence-corrected chi connectivity index (χ4v) is 1.42. The van der Waals surface area contributed by atoms with Gasteiger partial charge in [-0.15, -0.1) is 0 Å². The molecule has 0 heterocycles. The van der Waals surface area contributed by atoms with E-state index in [2.05, 4.69) is 0 Å². The second kappa shape index (κ2) is 7.05. The zero-order valence-electron chi connectivity index (χ0n) is 12.6. The minimum atomic E-state index is -2.46. The maximum Gasteiger partial charge on any atom is 2.00 e. The molecule has 8 nitrogen and oxygen atoms in total. The molecule has 0 atom stereocenters. The van der Waals surface area contributed by atoms with Crippen LogP contribution in [0.25, 0.3) is 0 Å². The number of hydrogen-bond donors (Lipinski definition) is 2. The van der Waals surface area contributed by atoms with Crippen molar-refractivity contribution in [3.05, 3.63) is 34.4 Å². The zero-order chi connectivity index (χ0) is 14.6. The third-order valence-electron chi connectivity index (χ3n) is 2.51. The van der Waals surface area contributed by atoms with Crippen LogP contribution >= 0.6 is 0 Å². The molecule has 0 fully saturated rings. The molecule has 1 aromatic carbocycles. The number of carbonyl (C=O) groups is 2. The summed E-state index contributed by atoms with van der Waals surface area (Å²) in [6, 6.07) is 4.68. The molecule has 9 heteroatoms. The molecule has 106 valence electrons. The first-order chi connectivity index (χ1) is 8.83. The molecule has 0 amide bonds. The van der Waals surface area contributed by atoms with E-state index in [-0.39, 0.29) is 43.8 Å². The van der Waals surface area contributed by atoms with E-state index >= 15 is 0 Å². The summed E-state index contributed by atoms with van der Waals surface area (Å²) in [5.41, 5.74) is -2.78. The van der Waals surface area contributed by atoms with Crippen LogP contribution in [-0.4, -0.2) is 55.7 Å². The maximum atomic E-state index is 11.1. The quantitative estimate of drug-likeness (QED) is 0.348. The average Bonchev–Trinajstić information content (AvgIpc) is 2.35. The van der Waals surface area contributed by atoms with Crippen LogP contribution in [0.4, 0.5) is 5.69 Å². The Bertz CT molecular complexity index is 527. The number of rotatable bonds is 6. The minimum Gasteiger partial charge on any atom is -1.00 e. The summed E-state index contributed by atoms with van der Waals surface area (Å²) in [5.74, 6) is -3.54. The van der Waals surface area contributed by atoms with Gasteiger partial charge in [-0.1, -0.05) is 13.0 Å². The Hall–Kier alpha value is -1.87. The SMILES string of the molecule is CCC(Oc1cccc([N+](=O)[O-])c1)(C(=O)O)C(=O)O.[H-].[H-].[Mg+2]. The predicted molar refractivity (Wildman–Crippen MR) is 70.0 cm³/mol.